The molecule has 2 heterocycles. The monoisotopic (exact) mass is 481 g/mol. The standard InChI is InChI=1S/C23H20ClN5O3S/c1-15(30)25-18-8-10-19(11-9-18)26-21(31)14-33-23-28-27-22(16-4-6-17(24)7-5-16)29(23)13-20-3-2-12-32-20/h2-12H,13-14H2,1H3,(H,25,30)(H,26,31). The average Bonchev–Trinajstić information content (AvgIpc) is 3.44. The number of hydrogen-bond acceptors (Lipinski definition) is 6. The molecular weight excluding hydrogens is 462 g/mol. The number of aromatic nitrogens is 3. The highest BCUT2D eigenvalue weighted by atomic mass is 35.5. The normalized spacial score (nSPS) is 10.7. The molecule has 0 bridgehead atoms. The number of halogens is 1. The van der Waals surface area contributed by atoms with Crippen LogP contribution in [0.3, 0.4) is 0 Å². The van der Waals surface area contributed by atoms with E-state index >= 15 is 0 Å². The molecule has 0 saturated carbocycles. The van der Waals surface area contributed by atoms with Crippen molar-refractivity contribution in [3.8, 4) is 11.4 Å². The molecule has 4 rings (SSSR count). The van der Waals surface area contributed by atoms with Gasteiger partial charge in [0, 0.05) is 28.9 Å². The first-order chi connectivity index (χ1) is 16.0. The summed E-state index contributed by atoms with van der Waals surface area (Å²) in [5.41, 5.74) is 2.15. The minimum Gasteiger partial charge on any atom is -0.467 e. The lowest BCUT2D eigenvalue weighted by Gasteiger charge is -2.10. The van der Waals surface area contributed by atoms with Crippen LogP contribution in [0.1, 0.15) is 12.7 Å². The summed E-state index contributed by atoms with van der Waals surface area (Å²) in [7, 11) is 0. The number of carbonyl (C=O) groups is 2. The van der Waals surface area contributed by atoms with Gasteiger partial charge in [0.15, 0.2) is 11.0 Å². The van der Waals surface area contributed by atoms with Crippen molar-refractivity contribution < 1.29 is 14.0 Å². The predicted molar refractivity (Wildman–Crippen MR) is 128 cm³/mol. The van der Waals surface area contributed by atoms with Crippen LogP contribution in [0.5, 0.6) is 0 Å². The molecule has 2 amide bonds. The molecule has 0 saturated heterocycles. The maximum atomic E-state index is 12.5. The Kier molecular flexibility index (Phi) is 7.11. The molecule has 0 unspecified atom stereocenters. The molecule has 2 N–H and O–H groups in total. The van der Waals surface area contributed by atoms with Crippen molar-refractivity contribution in [2.75, 3.05) is 16.4 Å². The Morgan fingerprint density at radius 2 is 1.70 bits per heavy atom. The van der Waals surface area contributed by atoms with E-state index in [1.807, 2.05) is 28.8 Å². The number of furan rings is 1. The Hall–Kier alpha value is -3.56. The molecule has 0 spiro atoms. The van der Waals surface area contributed by atoms with Crippen molar-refractivity contribution >= 4 is 46.6 Å². The largest absolute Gasteiger partial charge is 0.467 e. The Balaban J connectivity index is 1.46. The van der Waals surface area contributed by atoms with Gasteiger partial charge in [-0.05, 0) is 60.7 Å². The van der Waals surface area contributed by atoms with E-state index in [0.717, 1.165) is 11.3 Å². The van der Waals surface area contributed by atoms with E-state index in [-0.39, 0.29) is 17.6 Å². The molecule has 4 aromatic rings. The van der Waals surface area contributed by atoms with Crippen LogP contribution >= 0.6 is 23.4 Å². The average molecular weight is 482 g/mol. The second-order valence-corrected chi connectivity index (χ2v) is 8.45. The number of anilines is 2. The minimum atomic E-state index is -0.187. The van der Waals surface area contributed by atoms with Gasteiger partial charge >= 0.3 is 0 Å². The SMILES string of the molecule is CC(=O)Nc1ccc(NC(=O)CSc2nnc(-c3ccc(Cl)cc3)n2Cc2ccco2)cc1. The van der Waals surface area contributed by atoms with Gasteiger partial charge in [0.1, 0.15) is 5.76 Å². The third kappa shape index (κ3) is 6.03. The van der Waals surface area contributed by atoms with Gasteiger partial charge in [-0.1, -0.05) is 23.4 Å². The van der Waals surface area contributed by atoms with Crippen LogP contribution in [0.2, 0.25) is 5.02 Å². The van der Waals surface area contributed by atoms with E-state index < -0.39 is 0 Å². The molecule has 168 valence electrons. The van der Waals surface area contributed by atoms with Crippen LogP contribution in [0.25, 0.3) is 11.4 Å². The van der Waals surface area contributed by atoms with E-state index in [1.54, 1.807) is 42.7 Å². The number of amides is 2. The first-order valence-corrected chi connectivity index (χ1v) is 11.4. The Morgan fingerprint density at radius 3 is 2.33 bits per heavy atom. The number of benzene rings is 2. The molecular formula is C23H20ClN5O3S. The van der Waals surface area contributed by atoms with Gasteiger partial charge in [-0.3, -0.25) is 14.2 Å². The van der Waals surface area contributed by atoms with Gasteiger partial charge in [-0.25, -0.2) is 0 Å². The molecule has 0 radical (unpaired) electrons. The lowest BCUT2D eigenvalue weighted by Crippen LogP contribution is -2.15. The molecule has 0 aliphatic carbocycles. The topological polar surface area (TPSA) is 102 Å². The molecule has 0 atom stereocenters. The minimum absolute atomic E-state index is 0.143. The first-order valence-electron chi connectivity index (χ1n) is 10.00. The van der Waals surface area contributed by atoms with Crippen LogP contribution in [-0.2, 0) is 16.1 Å². The number of thioether (sulfide) groups is 1. The molecule has 0 fully saturated rings. The Labute approximate surface area is 199 Å². The molecule has 2 aromatic heterocycles. The van der Waals surface area contributed by atoms with E-state index in [0.29, 0.717) is 33.9 Å². The number of hydrogen-bond donors (Lipinski definition) is 2. The van der Waals surface area contributed by atoms with Crippen LogP contribution in [0.4, 0.5) is 11.4 Å². The highest BCUT2D eigenvalue weighted by Crippen LogP contribution is 2.26. The summed E-state index contributed by atoms with van der Waals surface area (Å²) in [6, 6.07) is 17.9. The zero-order valence-electron chi connectivity index (χ0n) is 17.6. The number of nitrogens with zero attached hydrogens (tertiary/aromatic N) is 3. The maximum Gasteiger partial charge on any atom is 0.234 e. The quantitative estimate of drug-likeness (QED) is 0.346. The Morgan fingerprint density at radius 1 is 1.00 bits per heavy atom. The summed E-state index contributed by atoms with van der Waals surface area (Å²) in [5, 5.41) is 15.4. The summed E-state index contributed by atoms with van der Waals surface area (Å²) in [4.78, 5) is 23.6. The van der Waals surface area contributed by atoms with Gasteiger partial charge in [0.25, 0.3) is 0 Å². The predicted octanol–water partition coefficient (Wildman–Crippen LogP) is 4.93. The smallest absolute Gasteiger partial charge is 0.234 e. The van der Waals surface area contributed by atoms with Gasteiger partial charge < -0.3 is 15.1 Å². The van der Waals surface area contributed by atoms with E-state index in [4.69, 9.17) is 16.0 Å². The lowest BCUT2D eigenvalue weighted by atomic mass is 10.2. The fraction of sp³-hybridized carbons (Fsp3) is 0.130. The molecule has 0 aliphatic rings. The van der Waals surface area contributed by atoms with Crippen molar-refractivity contribution in [3.05, 3.63) is 77.7 Å². The fourth-order valence-electron chi connectivity index (χ4n) is 3.08. The second-order valence-electron chi connectivity index (χ2n) is 7.07. The van der Waals surface area contributed by atoms with Gasteiger partial charge in [0.05, 0.1) is 18.6 Å². The third-order valence-electron chi connectivity index (χ3n) is 4.53. The van der Waals surface area contributed by atoms with Crippen LogP contribution < -0.4 is 10.6 Å². The number of rotatable bonds is 8. The van der Waals surface area contributed by atoms with E-state index in [9.17, 15) is 9.59 Å². The van der Waals surface area contributed by atoms with E-state index in [2.05, 4.69) is 20.8 Å². The van der Waals surface area contributed by atoms with Gasteiger partial charge in [0.2, 0.25) is 11.8 Å². The molecule has 10 heteroatoms. The third-order valence-corrected chi connectivity index (χ3v) is 5.75. The molecule has 0 aliphatic heterocycles. The number of carbonyl (C=O) groups excluding carboxylic acids is 2. The van der Waals surface area contributed by atoms with E-state index in [1.165, 1.54) is 18.7 Å². The summed E-state index contributed by atoms with van der Waals surface area (Å²) in [6.07, 6.45) is 1.61. The summed E-state index contributed by atoms with van der Waals surface area (Å²) in [5.74, 6) is 1.20. The van der Waals surface area contributed by atoms with Crippen molar-refractivity contribution in [1.29, 1.82) is 0 Å². The second kappa shape index (κ2) is 10.4. The highest BCUT2D eigenvalue weighted by Gasteiger charge is 2.17. The lowest BCUT2D eigenvalue weighted by molar-refractivity contribution is -0.114. The first kappa shape index (κ1) is 22.6. The van der Waals surface area contributed by atoms with Crippen LogP contribution in [-0.4, -0.2) is 32.3 Å². The molecule has 2 aromatic carbocycles. The van der Waals surface area contributed by atoms with Gasteiger partial charge in [-0.15, -0.1) is 10.2 Å². The molecule has 8 nitrogen and oxygen atoms in total. The summed E-state index contributed by atoms with van der Waals surface area (Å²) >= 11 is 7.30. The van der Waals surface area contributed by atoms with Crippen LogP contribution in [0.15, 0.2) is 76.5 Å². The van der Waals surface area contributed by atoms with Crippen molar-refractivity contribution in [2.24, 2.45) is 0 Å². The van der Waals surface area contributed by atoms with Crippen LogP contribution in [0, 0.1) is 0 Å². The zero-order chi connectivity index (χ0) is 23.2. The van der Waals surface area contributed by atoms with Crippen molar-refractivity contribution in [1.82, 2.24) is 14.8 Å². The van der Waals surface area contributed by atoms with Crippen molar-refractivity contribution in [2.45, 2.75) is 18.6 Å². The van der Waals surface area contributed by atoms with Crippen molar-refractivity contribution in [3.63, 3.8) is 0 Å². The summed E-state index contributed by atoms with van der Waals surface area (Å²) < 4.78 is 7.40. The highest BCUT2D eigenvalue weighted by molar-refractivity contribution is 7.99. The molecule has 33 heavy (non-hydrogen) atoms. The summed E-state index contributed by atoms with van der Waals surface area (Å²) in [6.45, 7) is 1.86. The zero-order valence-corrected chi connectivity index (χ0v) is 19.2. The van der Waals surface area contributed by atoms with Gasteiger partial charge in [-0.2, -0.15) is 0 Å². The Bertz CT molecular complexity index is 1240. The maximum absolute atomic E-state index is 12.5. The fourth-order valence-corrected chi connectivity index (χ4v) is 3.94. The number of nitrogens with one attached hydrogen (secondary N) is 2.